The highest BCUT2D eigenvalue weighted by molar-refractivity contribution is 7.92. The molecule has 0 unspecified atom stereocenters. The van der Waals surface area contributed by atoms with Gasteiger partial charge >= 0.3 is 0 Å². The maximum Gasteiger partial charge on any atom is 0.207 e. The second kappa shape index (κ2) is 10.4. The summed E-state index contributed by atoms with van der Waals surface area (Å²) in [5.41, 5.74) is 2.49. The predicted molar refractivity (Wildman–Crippen MR) is 151 cm³/mol. The van der Waals surface area contributed by atoms with Crippen LogP contribution in [0.1, 0.15) is 0 Å². The van der Waals surface area contributed by atoms with Crippen LogP contribution >= 0.6 is 23.2 Å². The molecule has 38 heavy (non-hydrogen) atoms. The number of benzene rings is 5. The predicted octanol–water partition coefficient (Wildman–Crippen LogP) is 7.99. The minimum absolute atomic E-state index is 0.120. The quantitative estimate of drug-likeness (QED) is 0.205. The van der Waals surface area contributed by atoms with Gasteiger partial charge in [-0.3, -0.25) is 0 Å². The molecule has 0 saturated carbocycles. The van der Waals surface area contributed by atoms with Crippen LogP contribution in [0.2, 0.25) is 10.0 Å². The van der Waals surface area contributed by atoms with Crippen molar-refractivity contribution in [1.82, 2.24) is 0 Å². The molecule has 0 aromatic heterocycles. The lowest BCUT2D eigenvalue weighted by molar-refractivity contribution is 0.594. The lowest BCUT2D eigenvalue weighted by Gasteiger charge is -2.15. The second-order valence-corrected chi connectivity index (χ2v) is 13.2. The lowest BCUT2D eigenvalue weighted by Crippen LogP contribution is -2.04. The minimum Gasteiger partial charge on any atom is -0.219 e. The third kappa shape index (κ3) is 5.00. The molecule has 0 fully saturated rings. The summed E-state index contributed by atoms with van der Waals surface area (Å²) in [4.78, 5) is 0.517. The molecule has 0 radical (unpaired) electrons. The zero-order valence-electron chi connectivity index (χ0n) is 19.8. The van der Waals surface area contributed by atoms with Gasteiger partial charge < -0.3 is 0 Å². The van der Waals surface area contributed by atoms with Gasteiger partial charge in [0, 0.05) is 15.6 Å². The van der Waals surface area contributed by atoms with Crippen LogP contribution in [-0.4, -0.2) is 16.8 Å². The Morgan fingerprint density at radius 1 is 0.421 bits per heavy atom. The summed E-state index contributed by atoms with van der Waals surface area (Å²) < 4.78 is 53.9. The van der Waals surface area contributed by atoms with Crippen molar-refractivity contribution < 1.29 is 16.8 Å². The summed E-state index contributed by atoms with van der Waals surface area (Å²) in [6.45, 7) is 0. The number of sulfone groups is 2. The van der Waals surface area contributed by atoms with Gasteiger partial charge in [0.15, 0.2) is 0 Å². The van der Waals surface area contributed by atoms with Crippen LogP contribution in [0.25, 0.3) is 22.3 Å². The molecule has 0 heterocycles. The first kappa shape index (κ1) is 26.2. The molecule has 0 saturated heterocycles. The number of hydrogen-bond acceptors (Lipinski definition) is 4. The summed E-state index contributed by atoms with van der Waals surface area (Å²) in [7, 11) is -7.67. The van der Waals surface area contributed by atoms with Crippen molar-refractivity contribution in [2.24, 2.45) is 0 Å². The molecular formula is C30H20Cl2O4S2. The van der Waals surface area contributed by atoms with Gasteiger partial charge in [-0.25, -0.2) is 16.8 Å². The van der Waals surface area contributed by atoms with Gasteiger partial charge in [-0.1, -0.05) is 77.8 Å². The van der Waals surface area contributed by atoms with Gasteiger partial charge in [0.2, 0.25) is 19.7 Å². The fourth-order valence-electron chi connectivity index (χ4n) is 4.21. The molecule has 0 amide bonds. The monoisotopic (exact) mass is 578 g/mol. The Morgan fingerprint density at radius 2 is 0.921 bits per heavy atom. The minimum atomic E-state index is -3.87. The molecule has 0 aliphatic carbocycles. The number of hydrogen-bond donors (Lipinski definition) is 0. The average Bonchev–Trinajstić information content (AvgIpc) is 2.93. The maximum atomic E-state index is 13.6. The summed E-state index contributed by atoms with van der Waals surface area (Å²) in [5, 5.41) is 0.884. The SMILES string of the molecule is O=S(=O)(c1ccc(Cl)cc1)c1cccc(-c2ccccc2-c2ccccc2S(=O)(=O)c2ccc(Cl)cc2)c1. The van der Waals surface area contributed by atoms with Gasteiger partial charge in [0.05, 0.1) is 19.6 Å². The molecule has 5 aromatic rings. The lowest BCUT2D eigenvalue weighted by atomic mass is 9.95. The fraction of sp³-hybridized carbons (Fsp3) is 0. The van der Waals surface area contributed by atoms with Crippen LogP contribution in [0.5, 0.6) is 0 Å². The Balaban J connectivity index is 1.64. The molecule has 0 spiro atoms. The van der Waals surface area contributed by atoms with E-state index < -0.39 is 19.7 Å². The molecule has 5 rings (SSSR count). The normalized spacial score (nSPS) is 11.8. The van der Waals surface area contributed by atoms with Crippen LogP contribution in [0.4, 0.5) is 0 Å². The fourth-order valence-corrected chi connectivity index (χ4v) is 7.25. The topological polar surface area (TPSA) is 68.3 Å². The molecule has 190 valence electrons. The largest absolute Gasteiger partial charge is 0.219 e. The number of halogens is 2. The van der Waals surface area contributed by atoms with E-state index in [2.05, 4.69) is 0 Å². The van der Waals surface area contributed by atoms with E-state index in [1.165, 1.54) is 54.6 Å². The van der Waals surface area contributed by atoms with Crippen molar-refractivity contribution in [1.29, 1.82) is 0 Å². The first-order valence-electron chi connectivity index (χ1n) is 11.5. The molecule has 4 nitrogen and oxygen atoms in total. The van der Waals surface area contributed by atoms with E-state index in [4.69, 9.17) is 23.2 Å². The van der Waals surface area contributed by atoms with Crippen LogP contribution < -0.4 is 0 Å². The molecular weight excluding hydrogens is 559 g/mol. The Morgan fingerprint density at radius 3 is 1.53 bits per heavy atom. The van der Waals surface area contributed by atoms with Crippen molar-refractivity contribution in [3.05, 3.63) is 131 Å². The van der Waals surface area contributed by atoms with Crippen molar-refractivity contribution in [2.45, 2.75) is 19.6 Å². The highest BCUT2D eigenvalue weighted by Gasteiger charge is 2.24. The third-order valence-electron chi connectivity index (χ3n) is 6.10. The van der Waals surface area contributed by atoms with E-state index in [0.29, 0.717) is 32.3 Å². The molecule has 0 atom stereocenters. The number of rotatable bonds is 6. The van der Waals surface area contributed by atoms with Gasteiger partial charge in [-0.05, 0) is 83.4 Å². The zero-order chi connectivity index (χ0) is 26.9. The standard InChI is InChI=1S/C30H20Cl2O4S2/c31-22-12-16-24(17-13-22)37(33,34)26-7-5-6-21(20-26)27-8-1-2-9-28(27)29-10-3-4-11-30(29)38(35,36)25-18-14-23(32)15-19-25/h1-20H. The van der Waals surface area contributed by atoms with Gasteiger partial charge in [0.25, 0.3) is 0 Å². The van der Waals surface area contributed by atoms with E-state index in [-0.39, 0.29) is 19.6 Å². The summed E-state index contributed by atoms with van der Waals surface area (Å²) >= 11 is 11.9. The van der Waals surface area contributed by atoms with Crippen molar-refractivity contribution in [2.75, 3.05) is 0 Å². The van der Waals surface area contributed by atoms with Gasteiger partial charge in [-0.2, -0.15) is 0 Å². The zero-order valence-corrected chi connectivity index (χ0v) is 22.9. The highest BCUT2D eigenvalue weighted by Crippen LogP contribution is 2.38. The molecule has 0 aliphatic heterocycles. The Kier molecular flexibility index (Phi) is 7.16. The first-order valence-corrected chi connectivity index (χ1v) is 15.2. The van der Waals surface area contributed by atoms with Crippen LogP contribution in [-0.2, 0) is 19.7 Å². The summed E-state index contributed by atoms with van der Waals surface area (Å²) in [6, 6.07) is 32.7. The molecule has 0 bridgehead atoms. The van der Waals surface area contributed by atoms with Crippen LogP contribution in [0.15, 0.2) is 141 Å². The van der Waals surface area contributed by atoms with E-state index in [0.717, 1.165) is 0 Å². The van der Waals surface area contributed by atoms with Crippen LogP contribution in [0.3, 0.4) is 0 Å². The first-order chi connectivity index (χ1) is 18.2. The summed E-state index contributed by atoms with van der Waals surface area (Å²) in [5.74, 6) is 0. The third-order valence-corrected chi connectivity index (χ3v) is 10.2. The Bertz CT molecular complexity index is 1850. The van der Waals surface area contributed by atoms with E-state index >= 15 is 0 Å². The molecule has 0 aliphatic rings. The molecule has 0 N–H and O–H groups in total. The van der Waals surface area contributed by atoms with E-state index in [1.807, 2.05) is 24.3 Å². The Hall–Kier alpha value is -3.42. The van der Waals surface area contributed by atoms with E-state index in [9.17, 15) is 16.8 Å². The van der Waals surface area contributed by atoms with Crippen molar-refractivity contribution >= 4 is 42.9 Å². The van der Waals surface area contributed by atoms with Crippen molar-refractivity contribution in [3.8, 4) is 22.3 Å². The van der Waals surface area contributed by atoms with Crippen LogP contribution in [0, 0.1) is 0 Å². The maximum absolute atomic E-state index is 13.6. The highest BCUT2D eigenvalue weighted by atomic mass is 35.5. The van der Waals surface area contributed by atoms with Gasteiger partial charge in [-0.15, -0.1) is 0 Å². The molecule has 5 aromatic carbocycles. The molecule has 8 heteroatoms. The van der Waals surface area contributed by atoms with E-state index in [1.54, 1.807) is 42.5 Å². The Labute approximate surface area is 232 Å². The summed E-state index contributed by atoms with van der Waals surface area (Å²) in [6.07, 6.45) is 0. The second-order valence-electron chi connectivity index (χ2n) is 8.48. The van der Waals surface area contributed by atoms with Gasteiger partial charge in [0.1, 0.15) is 0 Å². The average molecular weight is 580 g/mol. The smallest absolute Gasteiger partial charge is 0.207 e. The van der Waals surface area contributed by atoms with Crippen molar-refractivity contribution in [3.63, 3.8) is 0 Å².